The van der Waals surface area contributed by atoms with Gasteiger partial charge in [-0.15, -0.1) is 0 Å². The molecule has 8 nitrogen and oxygen atoms in total. The van der Waals surface area contributed by atoms with Gasteiger partial charge in [0, 0.05) is 17.5 Å². The Morgan fingerprint density at radius 2 is 1.68 bits per heavy atom. The highest BCUT2D eigenvalue weighted by molar-refractivity contribution is 7.90. The molecule has 9 heteroatoms. The Balaban J connectivity index is 1.71. The van der Waals surface area contributed by atoms with Crippen LogP contribution in [0.3, 0.4) is 0 Å². The van der Waals surface area contributed by atoms with Gasteiger partial charge in [-0.1, -0.05) is 24.3 Å². The van der Waals surface area contributed by atoms with Gasteiger partial charge in [0.2, 0.25) is 0 Å². The third-order valence-corrected chi connectivity index (χ3v) is 5.80. The lowest BCUT2D eigenvalue weighted by molar-refractivity contribution is 0.102. The Bertz CT molecular complexity index is 1540. The fourth-order valence-corrected chi connectivity index (χ4v) is 3.85. The fraction of sp³-hybridized carbons (Fsp3) is 0.0455. The molecule has 4 aromatic rings. The van der Waals surface area contributed by atoms with Crippen LogP contribution in [0.25, 0.3) is 16.6 Å². The van der Waals surface area contributed by atoms with E-state index in [0.29, 0.717) is 11.4 Å². The van der Waals surface area contributed by atoms with Crippen molar-refractivity contribution < 1.29 is 13.2 Å². The summed E-state index contributed by atoms with van der Waals surface area (Å²) in [6.07, 6.45) is 1.08. The number of aromatic amines is 1. The molecule has 1 amide bonds. The number of sulfone groups is 1. The van der Waals surface area contributed by atoms with Gasteiger partial charge in [0.1, 0.15) is 0 Å². The molecule has 0 aliphatic rings. The number of para-hydroxylation sites is 1. The van der Waals surface area contributed by atoms with Crippen molar-refractivity contribution in [3.05, 3.63) is 99.2 Å². The number of anilines is 1. The van der Waals surface area contributed by atoms with E-state index in [9.17, 15) is 22.8 Å². The van der Waals surface area contributed by atoms with Crippen molar-refractivity contribution in [1.82, 2.24) is 9.55 Å². The number of carbonyl (C=O) groups is 1. The number of nitrogens with one attached hydrogen (secondary N) is 2. The molecule has 0 unspecified atom stereocenters. The summed E-state index contributed by atoms with van der Waals surface area (Å²) in [6.45, 7) is 0. The van der Waals surface area contributed by atoms with Gasteiger partial charge in [-0.25, -0.2) is 17.8 Å². The van der Waals surface area contributed by atoms with Gasteiger partial charge in [-0.3, -0.25) is 9.59 Å². The highest BCUT2D eigenvalue weighted by Gasteiger charge is 2.14. The predicted molar refractivity (Wildman–Crippen MR) is 118 cm³/mol. The van der Waals surface area contributed by atoms with Crippen molar-refractivity contribution in [2.24, 2.45) is 0 Å². The van der Waals surface area contributed by atoms with Crippen molar-refractivity contribution in [3.8, 4) is 5.69 Å². The van der Waals surface area contributed by atoms with Crippen LogP contribution in [0, 0.1) is 0 Å². The topological polar surface area (TPSA) is 118 Å². The highest BCUT2D eigenvalue weighted by atomic mass is 32.2. The first-order chi connectivity index (χ1) is 14.7. The number of benzene rings is 3. The maximum Gasteiger partial charge on any atom is 0.333 e. The van der Waals surface area contributed by atoms with Gasteiger partial charge in [-0.05, 0) is 48.5 Å². The quantitative estimate of drug-likeness (QED) is 0.510. The Morgan fingerprint density at radius 1 is 0.935 bits per heavy atom. The van der Waals surface area contributed by atoms with Gasteiger partial charge < -0.3 is 10.3 Å². The fourth-order valence-electron chi connectivity index (χ4n) is 3.18. The normalized spacial score (nSPS) is 11.4. The monoisotopic (exact) mass is 435 g/mol. The summed E-state index contributed by atoms with van der Waals surface area (Å²) in [5.74, 6) is -0.513. The van der Waals surface area contributed by atoms with Crippen molar-refractivity contribution >= 4 is 32.3 Å². The number of rotatable bonds is 4. The number of fused-ring (bicyclic) bond motifs is 1. The van der Waals surface area contributed by atoms with Gasteiger partial charge in [0.25, 0.3) is 11.5 Å². The Labute approximate surface area is 176 Å². The molecule has 0 saturated heterocycles. The molecule has 0 aliphatic carbocycles. The molecule has 2 N–H and O–H groups in total. The molecule has 0 saturated carbocycles. The highest BCUT2D eigenvalue weighted by Crippen LogP contribution is 2.17. The van der Waals surface area contributed by atoms with Crippen molar-refractivity contribution in [1.29, 1.82) is 0 Å². The Hall–Kier alpha value is -3.98. The largest absolute Gasteiger partial charge is 0.333 e. The molecule has 1 heterocycles. The lowest BCUT2D eigenvalue weighted by Gasteiger charge is -2.09. The molecule has 31 heavy (non-hydrogen) atoms. The number of H-pyrrole nitrogens is 1. The lowest BCUT2D eigenvalue weighted by Crippen LogP contribution is -2.33. The standard InChI is InChI=1S/C22H17N3O5S/c1-31(29,30)17-9-5-6-15(13-17)23-20(26)14-10-11-18-19(12-14)24-22(28)25(21(18)27)16-7-3-2-4-8-16/h2-13H,1H3,(H,23,26)(H,24,28). The van der Waals surface area contributed by atoms with E-state index in [2.05, 4.69) is 10.3 Å². The van der Waals surface area contributed by atoms with E-state index < -0.39 is 27.0 Å². The van der Waals surface area contributed by atoms with Gasteiger partial charge in [0.05, 0.1) is 21.5 Å². The predicted octanol–water partition coefficient (Wildman–Crippen LogP) is 2.33. The maximum absolute atomic E-state index is 12.8. The first-order valence-electron chi connectivity index (χ1n) is 9.20. The molecule has 0 fully saturated rings. The molecule has 1 aromatic heterocycles. The van der Waals surface area contributed by atoms with Gasteiger partial charge in [0.15, 0.2) is 9.84 Å². The van der Waals surface area contributed by atoms with Crippen molar-refractivity contribution in [3.63, 3.8) is 0 Å². The summed E-state index contributed by atoms with van der Waals surface area (Å²) >= 11 is 0. The molecule has 0 aliphatic heterocycles. The third kappa shape index (κ3) is 4.03. The number of nitrogens with zero attached hydrogens (tertiary/aromatic N) is 1. The molecule has 0 atom stereocenters. The van der Waals surface area contributed by atoms with E-state index in [1.807, 2.05) is 0 Å². The number of amides is 1. The van der Waals surface area contributed by atoms with Gasteiger partial charge >= 0.3 is 5.69 Å². The van der Waals surface area contributed by atoms with E-state index in [1.54, 1.807) is 36.4 Å². The Kier molecular flexibility index (Phi) is 5.04. The van der Waals surface area contributed by atoms with Crippen LogP contribution in [0.15, 0.2) is 87.3 Å². The average molecular weight is 435 g/mol. The minimum absolute atomic E-state index is 0.0783. The average Bonchev–Trinajstić information content (AvgIpc) is 2.73. The summed E-state index contributed by atoms with van der Waals surface area (Å²) in [6, 6.07) is 18.7. The lowest BCUT2D eigenvalue weighted by atomic mass is 10.1. The molecule has 0 bridgehead atoms. The van der Waals surface area contributed by atoms with Crippen LogP contribution >= 0.6 is 0 Å². The summed E-state index contributed by atoms with van der Waals surface area (Å²) in [5, 5.41) is 2.87. The summed E-state index contributed by atoms with van der Waals surface area (Å²) < 4.78 is 24.4. The van der Waals surface area contributed by atoms with E-state index >= 15 is 0 Å². The Morgan fingerprint density at radius 3 is 2.39 bits per heavy atom. The first kappa shape index (κ1) is 20.3. The minimum atomic E-state index is -3.42. The molecular weight excluding hydrogens is 418 g/mol. The molecule has 0 spiro atoms. The SMILES string of the molecule is CS(=O)(=O)c1cccc(NC(=O)c2ccc3c(=O)n(-c4ccccc4)c(=O)[nH]c3c2)c1. The van der Waals surface area contributed by atoms with E-state index in [4.69, 9.17) is 0 Å². The van der Waals surface area contributed by atoms with Crippen LogP contribution in [0.2, 0.25) is 0 Å². The number of hydrogen-bond donors (Lipinski definition) is 2. The second-order valence-corrected chi connectivity index (χ2v) is 8.94. The first-order valence-corrected chi connectivity index (χ1v) is 11.1. The molecule has 3 aromatic carbocycles. The zero-order valence-corrected chi connectivity index (χ0v) is 17.1. The van der Waals surface area contributed by atoms with Crippen LogP contribution in [-0.4, -0.2) is 30.1 Å². The van der Waals surface area contributed by atoms with Crippen LogP contribution in [0.1, 0.15) is 10.4 Å². The summed E-state index contributed by atoms with van der Waals surface area (Å²) in [4.78, 5) is 40.7. The van der Waals surface area contributed by atoms with E-state index in [0.717, 1.165) is 10.8 Å². The van der Waals surface area contributed by atoms with Crippen molar-refractivity contribution in [2.45, 2.75) is 4.90 Å². The van der Waals surface area contributed by atoms with Crippen LogP contribution < -0.4 is 16.6 Å². The number of hydrogen-bond acceptors (Lipinski definition) is 5. The number of carbonyl (C=O) groups excluding carboxylic acids is 1. The van der Waals surface area contributed by atoms with Gasteiger partial charge in [-0.2, -0.15) is 0 Å². The number of aromatic nitrogens is 2. The summed E-state index contributed by atoms with van der Waals surface area (Å²) in [7, 11) is -3.42. The molecule has 156 valence electrons. The smallest absolute Gasteiger partial charge is 0.322 e. The molecule has 4 rings (SSSR count). The van der Waals surface area contributed by atoms with Crippen LogP contribution in [0.4, 0.5) is 5.69 Å². The van der Waals surface area contributed by atoms with Crippen LogP contribution in [0.5, 0.6) is 0 Å². The van der Waals surface area contributed by atoms with E-state index in [-0.39, 0.29) is 21.4 Å². The third-order valence-electron chi connectivity index (χ3n) is 4.69. The second kappa shape index (κ2) is 7.69. The summed E-state index contributed by atoms with van der Waals surface area (Å²) in [5.41, 5.74) is 0.0357. The molecule has 0 radical (unpaired) electrons. The zero-order chi connectivity index (χ0) is 22.2. The zero-order valence-electron chi connectivity index (χ0n) is 16.3. The second-order valence-electron chi connectivity index (χ2n) is 6.92. The molecular formula is C22H17N3O5S. The van der Waals surface area contributed by atoms with E-state index in [1.165, 1.54) is 36.4 Å². The van der Waals surface area contributed by atoms with Crippen LogP contribution in [-0.2, 0) is 9.84 Å². The maximum atomic E-state index is 12.8. The van der Waals surface area contributed by atoms with Crippen molar-refractivity contribution in [2.75, 3.05) is 11.6 Å². The minimum Gasteiger partial charge on any atom is -0.322 e.